The van der Waals surface area contributed by atoms with Crippen LogP contribution in [0.5, 0.6) is 0 Å². The molecule has 0 radical (unpaired) electrons. The predicted octanol–water partition coefficient (Wildman–Crippen LogP) is 1.12. The molecule has 13 heavy (non-hydrogen) atoms. The summed E-state index contributed by atoms with van der Waals surface area (Å²) in [6.07, 6.45) is 1.62. The van der Waals surface area contributed by atoms with E-state index >= 15 is 0 Å². The lowest BCUT2D eigenvalue weighted by atomic mass is 10.2. The van der Waals surface area contributed by atoms with Gasteiger partial charge in [-0.2, -0.15) is 5.10 Å². The van der Waals surface area contributed by atoms with Crippen molar-refractivity contribution in [1.29, 1.82) is 0 Å². The Labute approximate surface area is 75.5 Å². The number of pyridine rings is 1. The highest BCUT2D eigenvalue weighted by molar-refractivity contribution is 5.55. The Kier molecular flexibility index (Phi) is 1.88. The summed E-state index contributed by atoms with van der Waals surface area (Å²) in [5, 5.41) is 7.68. The van der Waals surface area contributed by atoms with Crippen LogP contribution in [0.4, 0.5) is 5.82 Å². The maximum atomic E-state index is 5.54. The van der Waals surface area contributed by atoms with Gasteiger partial charge in [-0.05, 0) is 24.3 Å². The zero-order valence-electron chi connectivity index (χ0n) is 6.88. The van der Waals surface area contributed by atoms with Gasteiger partial charge in [0.25, 0.3) is 0 Å². The van der Waals surface area contributed by atoms with Gasteiger partial charge < -0.3 is 5.73 Å². The number of nitrogens with two attached hydrogens (primary N) is 1. The van der Waals surface area contributed by atoms with Crippen LogP contribution < -0.4 is 5.73 Å². The van der Waals surface area contributed by atoms with Gasteiger partial charge in [0.15, 0.2) is 0 Å². The summed E-state index contributed by atoms with van der Waals surface area (Å²) >= 11 is 0. The quantitative estimate of drug-likeness (QED) is 0.700. The number of rotatable bonds is 1. The molecule has 0 aliphatic heterocycles. The van der Waals surface area contributed by atoms with Crippen LogP contribution in [-0.2, 0) is 0 Å². The average Bonchev–Trinajstić information content (AvgIpc) is 2.19. The lowest BCUT2D eigenvalue weighted by Crippen LogP contribution is -1.93. The second kappa shape index (κ2) is 3.18. The molecule has 2 heterocycles. The highest BCUT2D eigenvalue weighted by Gasteiger charge is 1.99. The van der Waals surface area contributed by atoms with Crippen molar-refractivity contribution >= 4 is 5.82 Å². The van der Waals surface area contributed by atoms with Crippen molar-refractivity contribution in [2.24, 2.45) is 0 Å². The monoisotopic (exact) mass is 172 g/mol. The molecule has 2 rings (SSSR count). The third-order valence-corrected chi connectivity index (χ3v) is 1.61. The first-order valence-corrected chi connectivity index (χ1v) is 3.87. The minimum Gasteiger partial charge on any atom is -0.384 e. The molecule has 2 N–H and O–H groups in total. The molecule has 0 aromatic carbocycles. The molecule has 4 heteroatoms. The Morgan fingerprint density at radius 1 is 1.00 bits per heavy atom. The molecule has 0 unspecified atom stereocenters. The van der Waals surface area contributed by atoms with Crippen LogP contribution in [0.1, 0.15) is 0 Å². The number of nitrogen functional groups attached to an aromatic ring is 1. The van der Waals surface area contributed by atoms with Crippen LogP contribution >= 0.6 is 0 Å². The van der Waals surface area contributed by atoms with Gasteiger partial charge in [0.1, 0.15) is 11.5 Å². The van der Waals surface area contributed by atoms with E-state index in [0.29, 0.717) is 5.82 Å². The van der Waals surface area contributed by atoms with E-state index in [9.17, 15) is 0 Å². The van der Waals surface area contributed by atoms with Gasteiger partial charge in [-0.1, -0.05) is 6.07 Å². The molecule has 0 amide bonds. The second-order valence-corrected chi connectivity index (χ2v) is 2.56. The minimum absolute atomic E-state index is 0.489. The van der Waals surface area contributed by atoms with Crippen molar-refractivity contribution in [2.75, 3.05) is 5.73 Å². The van der Waals surface area contributed by atoms with Crippen molar-refractivity contribution < 1.29 is 0 Å². The number of nitrogens with zero attached hydrogens (tertiary/aromatic N) is 3. The van der Waals surface area contributed by atoms with Gasteiger partial charge >= 0.3 is 0 Å². The molecule has 0 spiro atoms. The van der Waals surface area contributed by atoms with Crippen molar-refractivity contribution in [3.05, 3.63) is 36.5 Å². The molecule has 64 valence electrons. The lowest BCUT2D eigenvalue weighted by Gasteiger charge is -1.98. The number of aromatic nitrogens is 3. The second-order valence-electron chi connectivity index (χ2n) is 2.56. The van der Waals surface area contributed by atoms with Crippen molar-refractivity contribution in [3.63, 3.8) is 0 Å². The Hall–Kier alpha value is -1.97. The van der Waals surface area contributed by atoms with Crippen LogP contribution in [-0.4, -0.2) is 15.2 Å². The molecule has 2 aromatic rings. The average molecular weight is 172 g/mol. The molecular weight excluding hydrogens is 164 g/mol. The maximum absolute atomic E-state index is 5.54. The molecule has 0 aliphatic carbocycles. The van der Waals surface area contributed by atoms with Crippen LogP contribution in [0.25, 0.3) is 11.4 Å². The SMILES string of the molecule is Nc1cccc(-c2cccnn2)n1. The van der Waals surface area contributed by atoms with E-state index in [0.717, 1.165) is 11.4 Å². The van der Waals surface area contributed by atoms with Gasteiger partial charge in [0.2, 0.25) is 0 Å². The third-order valence-electron chi connectivity index (χ3n) is 1.61. The zero-order chi connectivity index (χ0) is 9.10. The molecule has 0 atom stereocenters. The van der Waals surface area contributed by atoms with Crippen molar-refractivity contribution in [2.45, 2.75) is 0 Å². The highest BCUT2D eigenvalue weighted by atomic mass is 15.1. The summed E-state index contributed by atoms with van der Waals surface area (Å²) in [7, 11) is 0. The van der Waals surface area contributed by atoms with Gasteiger partial charge in [0.05, 0.1) is 5.69 Å². The number of anilines is 1. The zero-order valence-corrected chi connectivity index (χ0v) is 6.88. The summed E-state index contributed by atoms with van der Waals surface area (Å²) in [4.78, 5) is 4.12. The van der Waals surface area contributed by atoms with E-state index in [-0.39, 0.29) is 0 Å². The first-order chi connectivity index (χ1) is 6.36. The van der Waals surface area contributed by atoms with Gasteiger partial charge in [-0.25, -0.2) is 4.98 Å². The van der Waals surface area contributed by atoms with Crippen LogP contribution in [0.2, 0.25) is 0 Å². The first-order valence-electron chi connectivity index (χ1n) is 3.87. The molecule has 4 nitrogen and oxygen atoms in total. The standard InChI is InChI=1S/C9H8N4/c10-9-5-1-3-7(12-9)8-4-2-6-11-13-8/h1-6H,(H2,10,12). The Balaban J connectivity index is 2.48. The third kappa shape index (κ3) is 1.61. The van der Waals surface area contributed by atoms with Crippen LogP contribution in [0.3, 0.4) is 0 Å². The van der Waals surface area contributed by atoms with E-state index in [2.05, 4.69) is 15.2 Å². The number of hydrogen-bond acceptors (Lipinski definition) is 4. The summed E-state index contributed by atoms with van der Waals surface area (Å²) in [5.74, 6) is 0.489. The fourth-order valence-electron chi connectivity index (χ4n) is 1.03. The molecular formula is C9H8N4. The Morgan fingerprint density at radius 2 is 1.85 bits per heavy atom. The summed E-state index contributed by atoms with van der Waals surface area (Å²) < 4.78 is 0. The fourth-order valence-corrected chi connectivity index (χ4v) is 1.03. The molecule has 0 fully saturated rings. The fraction of sp³-hybridized carbons (Fsp3) is 0. The first kappa shape index (κ1) is 7.67. The van der Waals surface area contributed by atoms with Crippen molar-refractivity contribution in [3.8, 4) is 11.4 Å². The summed E-state index contributed by atoms with van der Waals surface area (Å²) in [6, 6.07) is 9.08. The van der Waals surface area contributed by atoms with E-state index in [1.807, 2.05) is 24.3 Å². The molecule has 0 saturated heterocycles. The smallest absolute Gasteiger partial charge is 0.124 e. The summed E-state index contributed by atoms with van der Waals surface area (Å²) in [6.45, 7) is 0. The highest BCUT2D eigenvalue weighted by Crippen LogP contribution is 2.13. The predicted molar refractivity (Wildman–Crippen MR) is 49.7 cm³/mol. The lowest BCUT2D eigenvalue weighted by molar-refractivity contribution is 1.03. The van der Waals surface area contributed by atoms with Crippen molar-refractivity contribution in [1.82, 2.24) is 15.2 Å². The van der Waals surface area contributed by atoms with E-state index in [1.165, 1.54) is 0 Å². The van der Waals surface area contributed by atoms with E-state index in [4.69, 9.17) is 5.73 Å². The summed E-state index contributed by atoms with van der Waals surface area (Å²) in [5.41, 5.74) is 7.01. The minimum atomic E-state index is 0.489. The molecule has 0 bridgehead atoms. The van der Waals surface area contributed by atoms with Crippen LogP contribution in [0, 0.1) is 0 Å². The van der Waals surface area contributed by atoms with Crippen LogP contribution in [0.15, 0.2) is 36.5 Å². The topological polar surface area (TPSA) is 64.7 Å². The van der Waals surface area contributed by atoms with E-state index < -0.39 is 0 Å². The van der Waals surface area contributed by atoms with E-state index in [1.54, 1.807) is 12.3 Å². The molecule has 0 aliphatic rings. The molecule has 0 saturated carbocycles. The Morgan fingerprint density at radius 3 is 2.54 bits per heavy atom. The normalized spacial score (nSPS) is 9.85. The maximum Gasteiger partial charge on any atom is 0.124 e. The number of hydrogen-bond donors (Lipinski definition) is 1. The molecule has 2 aromatic heterocycles. The largest absolute Gasteiger partial charge is 0.384 e. The van der Waals surface area contributed by atoms with Gasteiger partial charge in [0, 0.05) is 6.20 Å². The van der Waals surface area contributed by atoms with Gasteiger partial charge in [-0.3, -0.25) is 0 Å². The van der Waals surface area contributed by atoms with Gasteiger partial charge in [-0.15, -0.1) is 5.10 Å². The Bertz CT molecular complexity index is 399.